The van der Waals surface area contributed by atoms with Crippen molar-refractivity contribution in [2.45, 2.75) is 45.1 Å². The molecule has 0 aliphatic rings. The summed E-state index contributed by atoms with van der Waals surface area (Å²) in [5, 5.41) is 0. The van der Waals surface area contributed by atoms with Gasteiger partial charge in [-0.2, -0.15) is 0 Å². The zero-order chi connectivity index (χ0) is 19.5. The van der Waals surface area contributed by atoms with Gasteiger partial charge in [-0.05, 0) is 54.2 Å². The number of aromatic nitrogens is 1. The summed E-state index contributed by atoms with van der Waals surface area (Å²) in [5.74, 6) is 0.339. The molecule has 1 aromatic heterocycles. The van der Waals surface area contributed by atoms with E-state index in [1.54, 1.807) is 18.3 Å². The van der Waals surface area contributed by atoms with E-state index in [9.17, 15) is 8.42 Å². The van der Waals surface area contributed by atoms with Crippen LogP contribution in [0, 0.1) is 12.3 Å². The smallest absolute Gasteiger partial charge is 0.179 e. The summed E-state index contributed by atoms with van der Waals surface area (Å²) in [5.41, 5.74) is 8.81. The van der Waals surface area contributed by atoms with Crippen LogP contribution in [0.25, 0.3) is 11.1 Å². The Morgan fingerprint density at radius 2 is 1.81 bits per heavy atom. The summed E-state index contributed by atoms with van der Waals surface area (Å²) < 4.78 is 30.3. The third-order valence-corrected chi connectivity index (χ3v) is 5.02. The van der Waals surface area contributed by atoms with Gasteiger partial charge in [-0.15, -0.1) is 0 Å². The number of pyridine rings is 1. The SMILES string of the molecule is Cc1cc(-c2ccc(OCC(N)CC(C)(C)C)c(S(C)(=O)=O)c2)ccn1. The summed E-state index contributed by atoms with van der Waals surface area (Å²) in [6.07, 6.45) is 3.68. The van der Waals surface area contributed by atoms with Gasteiger partial charge in [0.05, 0.1) is 0 Å². The molecular formula is C20H28N2O3S. The number of hydrogen-bond acceptors (Lipinski definition) is 5. The average Bonchev–Trinajstić information content (AvgIpc) is 2.50. The van der Waals surface area contributed by atoms with Crippen molar-refractivity contribution in [3.63, 3.8) is 0 Å². The van der Waals surface area contributed by atoms with E-state index in [0.717, 1.165) is 23.2 Å². The number of nitrogens with two attached hydrogens (primary N) is 1. The molecule has 0 bridgehead atoms. The van der Waals surface area contributed by atoms with Crippen LogP contribution in [0.15, 0.2) is 41.4 Å². The third kappa shape index (κ3) is 5.81. The van der Waals surface area contributed by atoms with E-state index in [1.165, 1.54) is 6.26 Å². The third-order valence-electron chi connectivity index (χ3n) is 3.90. The first-order valence-electron chi connectivity index (χ1n) is 8.61. The number of benzene rings is 1. The van der Waals surface area contributed by atoms with Gasteiger partial charge in [0.25, 0.3) is 0 Å². The molecular weight excluding hydrogens is 348 g/mol. The molecule has 0 radical (unpaired) electrons. The Bertz CT molecular complexity index is 871. The maximum Gasteiger partial charge on any atom is 0.179 e. The van der Waals surface area contributed by atoms with E-state index < -0.39 is 9.84 Å². The van der Waals surface area contributed by atoms with E-state index in [0.29, 0.717) is 5.75 Å². The molecule has 2 N–H and O–H groups in total. The molecule has 142 valence electrons. The number of sulfone groups is 1. The number of rotatable bonds is 6. The van der Waals surface area contributed by atoms with Gasteiger partial charge in [-0.25, -0.2) is 8.42 Å². The molecule has 0 amide bonds. The highest BCUT2D eigenvalue weighted by Crippen LogP contribution is 2.30. The van der Waals surface area contributed by atoms with Crippen LogP contribution < -0.4 is 10.5 Å². The Balaban J connectivity index is 2.30. The van der Waals surface area contributed by atoms with Crippen molar-refractivity contribution in [1.82, 2.24) is 4.98 Å². The molecule has 0 saturated heterocycles. The van der Waals surface area contributed by atoms with Gasteiger partial charge in [0, 0.05) is 24.2 Å². The lowest BCUT2D eigenvalue weighted by atomic mass is 9.89. The second kappa shape index (κ2) is 7.76. The second-order valence-electron chi connectivity index (χ2n) is 7.96. The molecule has 1 aromatic carbocycles. The van der Waals surface area contributed by atoms with E-state index in [-0.39, 0.29) is 23.0 Å². The van der Waals surface area contributed by atoms with Crippen molar-refractivity contribution in [2.75, 3.05) is 12.9 Å². The van der Waals surface area contributed by atoms with Crippen LogP contribution in [-0.2, 0) is 9.84 Å². The fraction of sp³-hybridized carbons (Fsp3) is 0.450. The van der Waals surface area contributed by atoms with Crippen LogP contribution in [0.2, 0.25) is 0 Å². The summed E-state index contributed by atoms with van der Waals surface area (Å²) in [7, 11) is -3.44. The average molecular weight is 377 g/mol. The molecule has 1 unspecified atom stereocenters. The molecule has 0 saturated carbocycles. The zero-order valence-corrected chi connectivity index (χ0v) is 16.9. The first-order chi connectivity index (χ1) is 12.0. The Morgan fingerprint density at radius 1 is 1.15 bits per heavy atom. The molecule has 2 rings (SSSR count). The van der Waals surface area contributed by atoms with Gasteiger partial charge in [0.1, 0.15) is 17.3 Å². The van der Waals surface area contributed by atoms with Crippen LogP contribution in [0.5, 0.6) is 5.75 Å². The highest BCUT2D eigenvalue weighted by atomic mass is 32.2. The fourth-order valence-corrected chi connectivity index (χ4v) is 3.70. The van der Waals surface area contributed by atoms with Crippen LogP contribution in [-0.4, -0.2) is 32.3 Å². The Morgan fingerprint density at radius 3 is 2.38 bits per heavy atom. The molecule has 0 aliphatic heterocycles. The van der Waals surface area contributed by atoms with Crippen molar-refractivity contribution in [1.29, 1.82) is 0 Å². The monoisotopic (exact) mass is 376 g/mol. The van der Waals surface area contributed by atoms with Crippen LogP contribution >= 0.6 is 0 Å². The largest absolute Gasteiger partial charge is 0.491 e. The Labute approximate surface area is 156 Å². The number of hydrogen-bond donors (Lipinski definition) is 1. The topological polar surface area (TPSA) is 82.3 Å². The highest BCUT2D eigenvalue weighted by molar-refractivity contribution is 7.90. The van der Waals surface area contributed by atoms with E-state index in [1.807, 2.05) is 25.1 Å². The molecule has 6 heteroatoms. The lowest BCUT2D eigenvalue weighted by Crippen LogP contribution is -2.32. The molecule has 0 fully saturated rings. The van der Waals surface area contributed by atoms with Crippen molar-refractivity contribution in [3.8, 4) is 16.9 Å². The molecule has 0 spiro atoms. The first kappa shape index (κ1) is 20.4. The van der Waals surface area contributed by atoms with Crippen LogP contribution in [0.3, 0.4) is 0 Å². The normalized spacial score (nSPS) is 13.5. The van der Waals surface area contributed by atoms with Crippen molar-refractivity contribution in [3.05, 3.63) is 42.2 Å². The Kier molecular flexibility index (Phi) is 6.09. The van der Waals surface area contributed by atoms with Gasteiger partial charge < -0.3 is 10.5 Å². The second-order valence-corrected chi connectivity index (χ2v) is 9.94. The maximum absolute atomic E-state index is 12.3. The van der Waals surface area contributed by atoms with E-state index in [2.05, 4.69) is 25.8 Å². The standard InChI is InChI=1S/C20H28N2O3S/c1-14-10-16(8-9-22-14)15-6-7-18(19(11-15)26(5,23)24)25-13-17(21)12-20(2,3)4/h6-11,17H,12-13,21H2,1-5H3. The van der Waals surface area contributed by atoms with E-state index >= 15 is 0 Å². The Hall–Kier alpha value is -1.92. The summed E-state index contributed by atoms with van der Waals surface area (Å²) >= 11 is 0. The molecule has 0 aliphatic carbocycles. The van der Waals surface area contributed by atoms with Crippen molar-refractivity contribution < 1.29 is 13.2 Å². The first-order valence-corrected chi connectivity index (χ1v) is 10.5. The molecule has 1 atom stereocenters. The number of ether oxygens (including phenoxy) is 1. The van der Waals surface area contributed by atoms with Crippen LogP contribution in [0.4, 0.5) is 0 Å². The number of aryl methyl sites for hydroxylation is 1. The summed E-state index contributed by atoms with van der Waals surface area (Å²) in [6, 6.07) is 8.81. The quantitative estimate of drug-likeness (QED) is 0.833. The summed E-state index contributed by atoms with van der Waals surface area (Å²) in [6.45, 7) is 8.50. The highest BCUT2D eigenvalue weighted by Gasteiger charge is 2.19. The minimum Gasteiger partial charge on any atom is -0.491 e. The van der Waals surface area contributed by atoms with Gasteiger partial charge in [0.2, 0.25) is 0 Å². The summed E-state index contributed by atoms with van der Waals surface area (Å²) in [4.78, 5) is 4.35. The number of nitrogens with zero attached hydrogens (tertiary/aromatic N) is 1. The fourth-order valence-electron chi connectivity index (χ4n) is 2.86. The molecule has 26 heavy (non-hydrogen) atoms. The molecule has 5 nitrogen and oxygen atoms in total. The maximum atomic E-state index is 12.3. The lowest BCUT2D eigenvalue weighted by molar-refractivity contribution is 0.237. The minimum absolute atomic E-state index is 0.0888. The van der Waals surface area contributed by atoms with Gasteiger partial charge in [-0.1, -0.05) is 26.8 Å². The van der Waals surface area contributed by atoms with Crippen LogP contribution in [0.1, 0.15) is 32.9 Å². The molecule has 2 aromatic rings. The van der Waals surface area contributed by atoms with Gasteiger partial charge in [0.15, 0.2) is 9.84 Å². The molecule has 1 heterocycles. The predicted molar refractivity (Wildman–Crippen MR) is 105 cm³/mol. The lowest BCUT2D eigenvalue weighted by Gasteiger charge is -2.23. The minimum atomic E-state index is -3.44. The zero-order valence-electron chi connectivity index (χ0n) is 16.1. The van der Waals surface area contributed by atoms with Gasteiger partial charge in [-0.3, -0.25) is 4.98 Å². The predicted octanol–water partition coefficient (Wildman–Crippen LogP) is 3.60. The van der Waals surface area contributed by atoms with Gasteiger partial charge >= 0.3 is 0 Å². The van der Waals surface area contributed by atoms with Crippen molar-refractivity contribution in [2.24, 2.45) is 11.1 Å². The van der Waals surface area contributed by atoms with E-state index in [4.69, 9.17) is 10.5 Å². The van der Waals surface area contributed by atoms with Crippen molar-refractivity contribution >= 4 is 9.84 Å².